The minimum atomic E-state index is 0. The molecule has 0 aromatic heterocycles. The molecule has 0 spiro atoms. The van der Waals surface area contributed by atoms with Crippen LogP contribution in [0.25, 0.3) is 0 Å². The fourth-order valence-electron chi connectivity index (χ4n) is 1.16. The second kappa shape index (κ2) is 5.89. The van der Waals surface area contributed by atoms with Crippen molar-refractivity contribution in [2.75, 3.05) is 0 Å². The van der Waals surface area contributed by atoms with E-state index in [2.05, 4.69) is 0 Å². The van der Waals surface area contributed by atoms with Crippen LogP contribution in [-0.4, -0.2) is 0 Å². The zero-order chi connectivity index (χ0) is 6.53. The molecule has 1 aliphatic rings. The van der Waals surface area contributed by atoms with Gasteiger partial charge in [0.1, 0.15) is 0 Å². The van der Waals surface area contributed by atoms with Crippen molar-refractivity contribution in [3.8, 4) is 0 Å². The molecular weight excluding hydrogens is 119 g/mol. The summed E-state index contributed by atoms with van der Waals surface area (Å²) in [7, 11) is 0. The molecule has 0 heterocycles. The summed E-state index contributed by atoms with van der Waals surface area (Å²) >= 11 is 0. The van der Waals surface area contributed by atoms with Gasteiger partial charge >= 0.3 is 18.9 Å². The van der Waals surface area contributed by atoms with E-state index in [1.54, 1.807) is 0 Å². The summed E-state index contributed by atoms with van der Waals surface area (Å²) in [5, 5.41) is 10.8. The van der Waals surface area contributed by atoms with E-state index in [9.17, 15) is 5.11 Å². The predicted molar refractivity (Wildman–Crippen MR) is 35.8 cm³/mol. The summed E-state index contributed by atoms with van der Waals surface area (Å²) in [5.41, 5.74) is 0. The first-order valence-electron chi connectivity index (χ1n) is 3.75. The van der Waals surface area contributed by atoms with Crippen LogP contribution >= 0.6 is 0 Å². The van der Waals surface area contributed by atoms with Crippen molar-refractivity contribution < 1.29 is 24.0 Å². The van der Waals surface area contributed by atoms with Gasteiger partial charge in [-0.05, 0) is 19.3 Å². The van der Waals surface area contributed by atoms with Crippen molar-refractivity contribution in [3.05, 3.63) is 11.8 Å². The fraction of sp³-hybridized carbons (Fsp3) is 0.750. The van der Waals surface area contributed by atoms with Crippen LogP contribution in [0.15, 0.2) is 11.8 Å². The molecule has 0 N–H and O–H groups in total. The molecule has 1 aliphatic carbocycles. The number of allylic oxidation sites excluding steroid dienone is 2. The molecule has 0 bridgehead atoms. The first kappa shape index (κ1) is 10.1. The molecule has 0 aromatic carbocycles. The molecule has 0 aliphatic heterocycles. The largest absolute Gasteiger partial charge is 1.00 e. The minimum Gasteiger partial charge on any atom is -0.876 e. The van der Waals surface area contributed by atoms with E-state index in [4.69, 9.17) is 0 Å². The van der Waals surface area contributed by atoms with E-state index < -0.39 is 0 Å². The maximum atomic E-state index is 10.8. The Morgan fingerprint density at radius 2 is 1.80 bits per heavy atom. The summed E-state index contributed by atoms with van der Waals surface area (Å²) < 4.78 is 0. The molecule has 0 atom stereocenters. The molecule has 0 radical (unpaired) electrons. The molecule has 0 saturated heterocycles. The standard InChI is InChI=1S/C8H14O.Li/c9-8-6-4-2-1-3-5-7-8;/h6,9H,1-5,7H2;/q;+1/p-1/b8-6+;. The Hall–Kier alpha value is 0.137. The average Bonchev–Trinajstić information content (AvgIpc) is 1.79. The topological polar surface area (TPSA) is 23.1 Å². The first-order chi connectivity index (χ1) is 4.39. The third-order valence-corrected chi connectivity index (χ3v) is 1.75. The van der Waals surface area contributed by atoms with E-state index in [1.165, 1.54) is 19.3 Å². The molecule has 0 saturated carbocycles. The Kier molecular flexibility index (Phi) is 5.97. The molecule has 0 aromatic rings. The molecular formula is C8H13LiO. The van der Waals surface area contributed by atoms with E-state index >= 15 is 0 Å². The van der Waals surface area contributed by atoms with Crippen LogP contribution in [0.4, 0.5) is 0 Å². The summed E-state index contributed by atoms with van der Waals surface area (Å²) in [6.07, 6.45) is 8.53. The second-order valence-corrected chi connectivity index (χ2v) is 2.62. The maximum Gasteiger partial charge on any atom is 1.00 e. The third kappa shape index (κ3) is 4.03. The molecule has 0 amide bonds. The molecule has 10 heavy (non-hydrogen) atoms. The Labute approximate surface area is 74.7 Å². The van der Waals surface area contributed by atoms with Crippen molar-refractivity contribution in [2.45, 2.75) is 38.5 Å². The van der Waals surface area contributed by atoms with Gasteiger partial charge in [-0.25, -0.2) is 0 Å². The quantitative estimate of drug-likeness (QED) is 0.371. The van der Waals surface area contributed by atoms with Crippen LogP contribution < -0.4 is 24.0 Å². The molecule has 1 rings (SSSR count). The Balaban J connectivity index is 0.000000810. The van der Waals surface area contributed by atoms with Gasteiger partial charge in [-0.2, -0.15) is 0 Å². The zero-order valence-electron chi connectivity index (χ0n) is 6.73. The predicted octanol–water partition coefficient (Wildman–Crippen LogP) is -1.41. The van der Waals surface area contributed by atoms with Crippen LogP contribution in [0, 0.1) is 0 Å². The Bertz CT molecular complexity index is 110. The van der Waals surface area contributed by atoms with Gasteiger partial charge in [0.05, 0.1) is 0 Å². The van der Waals surface area contributed by atoms with Gasteiger partial charge in [0.2, 0.25) is 0 Å². The van der Waals surface area contributed by atoms with E-state index in [0.29, 0.717) is 5.76 Å². The van der Waals surface area contributed by atoms with Crippen LogP contribution in [0.1, 0.15) is 38.5 Å². The van der Waals surface area contributed by atoms with Gasteiger partial charge in [-0.15, -0.1) is 5.76 Å². The summed E-state index contributed by atoms with van der Waals surface area (Å²) in [6.45, 7) is 0. The molecule has 2 heteroatoms. The van der Waals surface area contributed by atoms with Crippen molar-refractivity contribution in [1.82, 2.24) is 0 Å². The number of hydrogen-bond acceptors (Lipinski definition) is 1. The summed E-state index contributed by atoms with van der Waals surface area (Å²) in [6, 6.07) is 0. The fourth-order valence-corrected chi connectivity index (χ4v) is 1.16. The third-order valence-electron chi connectivity index (χ3n) is 1.75. The average molecular weight is 132 g/mol. The summed E-state index contributed by atoms with van der Waals surface area (Å²) in [5.74, 6) is 0.356. The Morgan fingerprint density at radius 1 is 1.10 bits per heavy atom. The molecule has 1 nitrogen and oxygen atoms in total. The van der Waals surface area contributed by atoms with Crippen LogP contribution in [0.2, 0.25) is 0 Å². The van der Waals surface area contributed by atoms with Crippen molar-refractivity contribution in [1.29, 1.82) is 0 Å². The minimum absolute atomic E-state index is 0. The van der Waals surface area contributed by atoms with Gasteiger partial charge < -0.3 is 5.11 Å². The van der Waals surface area contributed by atoms with E-state index in [-0.39, 0.29) is 18.9 Å². The molecule has 0 fully saturated rings. The van der Waals surface area contributed by atoms with Crippen molar-refractivity contribution in [2.24, 2.45) is 0 Å². The van der Waals surface area contributed by atoms with Crippen LogP contribution in [-0.2, 0) is 0 Å². The van der Waals surface area contributed by atoms with Gasteiger partial charge in [0.15, 0.2) is 0 Å². The second-order valence-electron chi connectivity index (χ2n) is 2.62. The monoisotopic (exact) mass is 132 g/mol. The van der Waals surface area contributed by atoms with Gasteiger partial charge in [-0.3, -0.25) is 0 Å². The Morgan fingerprint density at radius 3 is 2.60 bits per heavy atom. The SMILES string of the molecule is [Li+].[O-]/C1=C/CCCCCC1. The van der Waals surface area contributed by atoms with E-state index in [1.807, 2.05) is 6.08 Å². The normalized spacial score (nSPS) is 25.0. The zero-order valence-corrected chi connectivity index (χ0v) is 6.73. The first-order valence-corrected chi connectivity index (χ1v) is 3.75. The van der Waals surface area contributed by atoms with Gasteiger partial charge in [0, 0.05) is 0 Å². The van der Waals surface area contributed by atoms with Gasteiger partial charge in [-0.1, -0.05) is 25.3 Å². The van der Waals surface area contributed by atoms with E-state index in [0.717, 1.165) is 19.3 Å². The van der Waals surface area contributed by atoms with Crippen molar-refractivity contribution >= 4 is 0 Å². The smallest absolute Gasteiger partial charge is 0.876 e. The number of rotatable bonds is 0. The van der Waals surface area contributed by atoms with Crippen LogP contribution in [0.3, 0.4) is 0 Å². The maximum absolute atomic E-state index is 10.8. The van der Waals surface area contributed by atoms with Crippen LogP contribution in [0.5, 0.6) is 0 Å². The van der Waals surface area contributed by atoms with Gasteiger partial charge in [0.25, 0.3) is 0 Å². The molecule has 0 unspecified atom stereocenters. The molecule has 52 valence electrons. The number of hydrogen-bond donors (Lipinski definition) is 0. The summed E-state index contributed by atoms with van der Waals surface area (Å²) in [4.78, 5) is 0. The van der Waals surface area contributed by atoms with Crippen molar-refractivity contribution in [3.63, 3.8) is 0 Å².